The summed E-state index contributed by atoms with van der Waals surface area (Å²) in [6, 6.07) is 10.3. The molecule has 1 N–H and O–H groups in total. The number of benzene rings is 1. The van der Waals surface area contributed by atoms with Gasteiger partial charge in [0, 0.05) is 22.9 Å². The number of hydrogen-bond donors (Lipinski definition) is 1. The van der Waals surface area contributed by atoms with Crippen LogP contribution in [0.25, 0.3) is 11.1 Å². The average Bonchev–Trinajstić information content (AvgIpc) is 3.04. The highest BCUT2D eigenvalue weighted by atomic mass is 32.2. The van der Waals surface area contributed by atoms with Gasteiger partial charge in [-0.15, -0.1) is 11.3 Å². The first-order chi connectivity index (χ1) is 11.2. The van der Waals surface area contributed by atoms with Crippen molar-refractivity contribution in [3.8, 4) is 11.1 Å². The summed E-state index contributed by atoms with van der Waals surface area (Å²) in [5.74, 6) is -0.946. The second-order valence-corrected chi connectivity index (χ2v) is 7.17. The molecule has 0 aliphatic rings. The van der Waals surface area contributed by atoms with E-state index >= 15 is 0 Å². The van der Waals surface area contributed by atoms with Crippen LogP contribution in [0.1, 0.15) is 22.2 Å². The van der Waals surface area contributed by atoms with Crippen molar-refractivity contribution in [1.82, 2.24) is 9.97 Å². The van der Waals surface area contributed by atoms with E-state index in [1.165, 1.54) is 40.4 Å². The molecule has 2 heterocycles. The molecule has 3 rings (SSSR count). The first-order valence-corrected chi connectivity index (χ1v) is 8.71. The van der Waals surface area contributed by atoms with Crippen molar-refractivity contribution in [1.29, 1.82) is 0 Å². The maximum absolute atomic E-state index is 10.9. The smallest absolute Gasteiger partial charge is 0.347 e. The highest BCUT2D eigenvalue weighted by Crippen LogP contribution is 2.33. The summed E-state index contributed by atoms with van der Waals surface area (Å²) in [5, 5.41) is 8.96. The van der Waals surface area contributed by atoms with Gasteiger partial charge < -0.3 is 5.11 Å². The molecule has 1 aromatic carbocycles. The molecule has 6 heteroatoms. The molecular weight excluding hydrogens is 328 g/mol. The number of rotatable bonds is 5. The highest BCUT2D eigenvalue weighted by Gasteiger charge is 2.11. The van der Waals surface area contributed by atoms with Crippen LogP contribution in [-0.2, 0) is 6.42 Å². The van der Waals surface area contributed by atoms with Crippen molar-refractivity contribution in [3.05, 3.63) is 59.4 Å². The standard InChI is InChI=1S/C17H14N2O2S2/c1-2-11-5-3-4-6-14(11)12-7-13(9-18-8-12)22-17-19-10-15(23-17)16(20)21/h3-10H,2H2,1H3,(H,20,21). The van der Waals surface area contributed by atoms with E-state index in [2.05, 4.69) is 35.1 Å². The summed E-state index contributed by atoms with van der Waals surface area (Å²) in [6.07, 6.45) is 5.97. The zero-order chi connectivity index (χ0) is 16.2. The molecule has 0 fully saturated rings. The fourth-order valence-electron chi connectivity index (χ4n) is 2.24. The zero-order valence-electron chi connectivity index (χ0n) is 12.4. The van der Waals surface area contributed by atoms with E-state index in [9.17, 15) is 4.79 Å². The predicted octanol–water partition coefficient (Wildman–Crippen LogP) is 4.62. The van der Waals surface area contributed by atoms with Gasteiger partial charge in [0.05, 0.1) is 6.20 Å². The van der Waals surface area contributed by atoms with Crippen molar-refractivity contribution >= 4 is 29.1 Å². The Balaban J connectivity index is 1.89. The van der Waals surface area contributed by atoms with E-state index in [0.717, 1.165) is 16.9 Å². The minimum absolute atomic E-state index is 0.243. The lowest BCUT2D eigenvalue weighted by atomic mass is 10.00. The number of aromatic carboxylic acids is 1. The van der Waals surface area contributed by atoms with Crippen molar-refractivity contribution in [3.63, 3.8) is 0 Å². The van der Waals surface area contributed by atoms with Gasteiger partial charge in [0.1, 0.15) is 4.88 Å². The number of carboxylic acids is 1. The summed E-state index contributed by atoms with van der Waals surface area (Å²) in [6.45, 7) is 2.13. The van der Waals surface area contributed by atoms with Crippen LogP contribution in [0.15, 0.2) is 58.2 Å². The summed E-state index contributed by atoms with van der Waals surface area (Å²) < 4.78 is 0.699. The largest absolute Gasteiger partial charge is 0.477 e. The van der Waals surface area contributed by atoms with Crippen molar-refractivity contribution in [2.24, 2.45) is 0 Å². The SMILES string of the molecule is CCc1ccccc1-c1cncc(Sc2ncc(C(=O)O)s2)c1. The summed E-state index contributed by atoms with van der Waals surface area (Å²) >= 11 is 2.60. The van der Waals surface area contributed by atoms with Crippen LogP contribution in [0.5, 0.6) is 0 Å². The molecule has 4 nitrogen and oxygen atoms in total. The van der Waals surface area contributed by atoms with Gasteiger partial charge in [-0.3, -0.25) is 4.98 Å². The Hall–Kier alpha value is -2.18. The Bertz CT molecular complexity index is 846. The molecule has 0 aliphatic carbocycles. The second-order valence-electron chi connectivity index (χ2n) is 4.82. The number of thiazole rings is 1. The van der Waals surface area contributed by atoms with E-state index in [1.807, 2.05) is 18.3 Å². The molecule has 0 radical (unpaired) electrons. The molecule has 0 unspecified atom stereocenters. The molecule has 0 aliphatic heterocycles. The van der Waals surface area contributed by atoms with Gasteiger partial charge in [-0.2, -0.15) is 0 Å². The third-order valence-electron chi connectivity index (χ3n) is 3.32. The van der Waals surface area contributed by atoms with E-state index in [4.69, 9.17) is 5.11 Å². The van der Waals surface area contributed by atoms with Gasteiger partial charge in [0.2, 0.25) is 0 Å². The second kappa shape index (κ2) is 6.93. The molecule has 0 atom stereocenters. The lowest BCUT2D eigenvalue weighted by molar-refractivity contribution is 0.0702. The quantitative estimate of drug-likeness (QED) is 0.733. The molecule has 0 spiro atoms. The van der Waals surface area contributed by atoms with Gasteiger partial charge in [-0.05, 0) is 23.6 Å². The highest BCUT2D eigenvalue weighted by molar-refractivity contribution is 8.01. The van der Waals surface area contributed by atoms with Crippen molar-refractivity contribution < 1.29 is 9.90 Å². The number of hydrogen-bond acceptors (Lipinski definition) is 5. The Morgan fingerprint density at radius 3 is 2.83 bits per heavy atom. The van der Waals surface area contributed by atoms with Gasteiger partial charge in [-0.25, -0.2) is 9.78 Å². The monoisotopic (exact) mass is 342 g/mol. The topological polar surface area (TPSA) is 63.1 Å². The van der Waals surface area contributed by atoms with Crippen LogP contribution in [-0.4, -0.2) is 21.0 Å². The van der Waals surface area contributed by atoms with E-state index in [1.54, 1.807) is 6.20 Å². The molecule has 0 amide bonds. The number of pyridine rings is 1. The summed E-state index contributed by atoms with van der Waals surface area (Å²) in [5.41, 5.74) is 3.51. The van der Waals surface area contributed by atoms with Crippen LogP contribution < -0.4 is 0 Å². The molecule has 116 valence electrons. The van der Waals surface area contributed by atoms with Crippen LogP contribution >= 0.6 is 23.1 Å². The molecule has 23 heavy (non-hydrogen) atoms. The number of aromatic nitrogens is 2. The Morgan fingerprint density at radius 2 is 2.09 bits per heavy atom. The summed E-state index contributed by atoms with van der Waals surface area (Å²) in [7, 11) is 0. The van der Waals surface area contributed by atoms with E-state index < -0.39 is 5.97 Å². The van der Waals surface area contributed by atoms with Crippen molar-refractivity contribution in [2.75, 3.05) is 0 Å². The van der Waals surface area contributed by atoms with Crippen LogP contribution in [0.2, 0.25) is 0 Å². The Labute approximate surface area is 142 Å². The normalized spacial score (nSPS) is 10.7. The minimum atomic E-state index is -0.946. The number of nitrogens with zero attached hydrogens (tertiary/aromatic N) is 2. The van der Waals surface area contributed by atoms with Gasteiger partial charge >= 0.3 is 5.97 Å². The minimum Gasteiger partial charge on any atom is -0.477 e. The average molecular weight is 342 g/mol. The first kappa shape index (κ1) is 15.7. The zero-order valence-corrected chi connectivity index (χ0v) is 14.0. The van der Waals surface area contributed by atoms with E-state index in [-0.39, 0.29) is 4.88 Å². The number of aryl methyl sites for hydroxylation is 1. The van der Waals surface area contributed by atoms with E-state index in [0.29, 0.717) is 4.34 Å². The Morgan fingerprint density at radius 1 is 1.26 bits per heavy atom. The maximum Gasteiger partial charge on any atom is 0.347 e. The van der Waals surface area contributed by atoms with Gasteiger partial charge in [0.25, 0.3) is 0 Å². The molecule has 0 saturated carbocycles. The predicted molar refractivity (Wildman–Crippen MR) is 92.2 cm³/mol. The fourth-order valence-corrected chi connectivity index (χ4v) is 4.05. The van der Waals surface area contributed by atoms with Gasteiger partial charge in [0.15, 0.2) is 4.34 Å². The molecule has 0 saturated heterocycles. The first-order valence-electron chi connectivity index (χ1n) is 7.07. The van der Waals surface area contributed by atoms with Gasteiger partial charge in [-0.1, -0.05) is 43.0 Å². The number of carbonyl (C=O) groups is 1. The fraction of sp³-hybridized carbons (Fsp3) is 0.118. The number of carboxylic acid groups (broad SMARTS) is 1. The lowest BCUT2D eigenvalue weighted by Gasteiger charge is -2.08. The maximum atomic E-state index is 10.9. The molecular formula is C17H14N2O2S2. The van der Waals surface area contributed by atoms with Crippen LogP contribution in [0.4, 0.5) is 0 Å². The Kier molecular flexibility index (Phi) is 4.73. The lowest BCUT2D eigenvalue weighted by Crippen LogP contribution is -1.89. The van der Waals surface area contributed by atoms with Crippen molar-refractivity contribution in [2.45, 2.75) is 22.6 Å². The third kappa shape index (κ3) is 3.60. The third-order valence-corrected chi connectivity index (χ3v) is 5.34. The molecule has 2 aromatic heterocycles. The molecule has 3 aromatic rings. The molecule has 0 bridgehead atoms. The van der Waals surface area contributed by atoms with Crippen LogP contribution in [0, 0.1) is 0 Å². The van der Waals surface area contributed by atoms with Crippen LogP contribution in [0.3, 0.4) is 0 Å². The summed E-state index contributed by atoms with van der Waals surface area (Å²) in [4.78, 5) is 20.6.